The van der Waals surface area contributed by atoms with Gasteiger partial charge in [0.1, 0.15) is 0 Å². The molecule has 19 heavy (non-hydrogen) atoms. The first-order chi connectivity index (χ1) is 8.95. The summed E-state index contributed by atoms with van der Waals surface area (Å²) in [4.78, 5) is 10.9. The highest BCUT2D eigenvalue weighted by atomic mass is 19.3. The number of para-hydroxylation sites is 1. The molecule has 1 amide bonds. The molecule has 0 heterocycles. The van der Waals surface area contributed by atoms with E-state index in [2.05, 4.69) is 10.1 Å². The lowest BCUT2D eigenvalue weighted by molar-refractivity contribution is -0.119. The molecule has 1 atom stereocenters. The molecule has 0 bridgehead atoms. The van der Waals surface area contributed by atoms with Crippen LogP contribution in [0.4, 0.5) is 8.78 Å². The molecule has 0 fully saturated rings. The highest BCUT2D eigenvalue weighted by Crippen LogP contribution is 2.32. The van der Waals surface area contributed by atoms with Gasteiger partial charge in [0.25, 0.3) is 0 Å². The first-order valence-electron chi connectivity index (χ1n) is 5.59. The number of carbonyl (C=O) groups excluding carboxylic acids is 1. The van der Waals surface area contributed by atoms with Crippen molar-refractivity contribution in [1.82, 2.24) is 5.32 Å². The lowest BCUT2D eigenvalue weighted by Crippen LogP contribution is -2.38. The summed E-state index contributed by atoms with van der Waals surface area (Å²) in [6.07, 6.45) is 0. The number of hydrogen-bond donors (Lipinski definition) is 2. The number of alkyl halides is 2. The van der Waals surface area contributed by atoms with Crippen LogP contribution in [0.1, 0.15) is 12.5 Å². The first-order valence-corrected chi connectivity index (χ1v) is 5.59. The van der Waals surface area contributed by atoms with E-state index in [1.54, 1.807) is 19.1 Å². The Morgan fingerprint density at radius 2 is 2.16 bits per heavy atom. The van der Waals surface area contributed by atoms with Crippen LogP contribution in [0.5, 0.6) is 11.5 Å². The van der Waals surface area contributed by atoms with Crippen LogP contribution in [0.2, 0.25) is 0 Å². The minimum Gasteiger partial charge on any atom is -0.493 e. The van der Waals surface area contributed by atoms with Crippen LogP contribution < -0.4 is 20.5 Å². The van der Waals surface area contributed by atoms with Crippen molar-refractivity contribution in [3.05, 3.63) is 23.8 Å². The van der Waals surface area contributed by atoms with Crippen LogP contribution in [-0.2, 0) is 11.3 Å². The second kappa shape index (κ2) is 6.89. The van der Waals surface area contributed by atoms with Gasteiger partial charge in [-0.05, 0) is 13.0 Å². The Balaban J connectivity index is 2.89. The smallest absolute Gasteiger partial charge is 0.387 e. The number of rotatable bonds is 7. The maximum absolute atomic E-state index is 12.4. The molecular formula is C12H16F2N2O3. The Kier molecular flexibility index (Phi) is 5.50. The second-order valence-corrected chi connectivity index (χ2v) is 3.83. The van der Waals surface area contributed by atoms with E-state index in [0.29, 0.717) is 5.56 Å². The molecule has 1 aromatic rings. The van der Waals surface area contributed by atoms with E-state index >= 15 is 0 Å². The van der Waals surface area contributed by atoms with Crippen molar-refractivity contribution >= 4 is 5.91 Å². The number of halogens is 2. The van der Waals surface area contributed by atoms with Gasteiger partial charge in [-0.15, -0.1) is 0 Å². The zero-order valence-electron chi connectivity index (χ0n) is 10.7. The molecule has 0 aliphatic carbocycles. The average molecular weight is 274 g/mol. The first kappa shape index (κ1) is 15.2. The quantitative estimate of drug-likeness (QED) is 0.785. The fraction of sp³-hybridized carbons (Fsp3) is 0.417. The van der Waals surface area contributed by atoms with Crippen LogP contribution in [0.25, 0.3) is 0 Å². The predicted octanol–water partition coefficient (Wildman–Crippen LogP) is 1.26. The molecule has 1 aromatic carbocycles. The normalized spacial score (nSPS) is 12.3. The Bertz CT molecular complexity index is 441. The van der Waals surface area contributed by atoms with E-state index in [0.717, 1.165) is 0 Å². The second-order valence-electron chi connectivity index (χ2n) is 3.83. The maximum atomic E-state index is 12.4. The summed E-state index contributed by atoms with van der Waals surface area (Å²) < 4.78 is 34.2. The molecule has 0 spiro atoms. The van der Waals surface area contributed by atoms with Crippen molar-refractivity contribution in [3.63, 3.8) is 0 Å². The van der Waals surface area contributed by atoms with Crippen molar-refractivity contribution in [2.45, 2.75) is 26.1 Å². The van der Waals surface area contributed by atoms with Gasteiger partial charge in [0, 0.05) is 12.1 Å². The molecule has 1 rings (SSSR count). The molecule has 7 heteroatoms. The molecule has 106 valence electrons. The van der Waals surface area contributed by atoms with Crippen LogP contribution in [0, 0.1) is 0 Å². The number of ether oxygens (including phenoxy) is 2. The van der Waals surface area contributed by atoms with Crippen molar-refractivity contribution in [1.29, 1.82) is 0 Å². The van der Waals surface area contributed by atoms with Gasteiger partial charge in [-0.1, -0.05) is 12.1 Å². The topological polar surface area (TPSA) is 73.6 Å². The fourth-order valence-corrected chi connectivity index (χ4v) is 1.45. The third-order valence-electron chi connectivity index (χ3n) is 2.51. The van der Waals surface area contributed by atoms with Crippen molar-refractivity contribution in [2.75, 3.05) is 7.11 Å². The Hall–Kier alpha value is -1.89. The number of amides is 1. The number of primary amides is 1. The van der Waals surface area contributed by atoms with Gasteiger partial charge in [-0.25, -0.2) is 0 Å². The predicted molar refractivity (Wildman–Crippen MR) is 65.1 cm³/mol. The summed E-state index contributed by atoms with van der Waals surface area (Å²) in [5, 5.41) is 2.81. The van der Waals surface area contributed by atoms with E-state index in [1.807, 2.05) is 0 Å². The van der Waals surface area contributed by atoms with E-state index in [-0.39, 0.29) is 18.0 Å². The van der Waals surface area contributed by atoms with E-state index in [1.165, 1.54) is 13.2 Å². The third-order valence-corrected chi connectivity index (χ3v) is 2.51. The largest absolute Gasteiger partial charge is 0.493 e. The van der Waals surface area contributed by atoms with Gasteiger partial charge >= 0.3 is 6.61 Å². The molecule has 1 unspecified atom stereocenters. The minimum atomic E-state index is -2.95. The number of nitrogens with one attached hydrogen (secondary N) is 1. The van der Waals surface area contributed by atoms with E-state index < -0.39 is 18.6 Å². The number of nitrogens with two attached hydrogens (primary N) is 1. The maximum Gasteiger partial charge on any atom is 0.387 e. The summed E-state index contributed by atoms with van der Waals surface area (Å²) in [7, 11) is 1.36. The minimum absolute atomic E-state index is 0.0517. The summed E-state index contributed by atoms with van der Waals surface area (Å²) in [6, 6.07) is 4.17. The van der Waals surface area contributed by atoms with Gasteiger partial charge in [-0.3, -0.25) is 4.79 Å². The van der Waals surface area contributed by atoms with Gasteiger partial charge in [0.05, 0.1) is 13.2 Å². The van der Waals surface area contributed by atoms with Crippen molar-refractivity contribution in [3.8, 4) is 11.5 Å². The van der Waals surface area contributed by atoms with Gasteiger partial charge in [-0.2, -0.15) is 8.78 Å². The average Bonchev–Trinajstić information content (AvgIpc) is 2.36. The number of hydrogen-bond acceptors (Lipinski definition) is 4. The molecule has 0 aliphatic rings. The molecule has 0 saturated carbocycles. The van der Waals surface area contributed by atoms with Gasteiger partial charge in [0.2, 0.25) is 5.91 Å². The van der Waals surface area contributed by atoms with Gasteiger partial charge < -0.3 is 20.5 Å². The Labute approximate surface area is 109 Å². The van der Waals surface area contributed by atoms with Crippen LogP contribution in [-0.4, -0.2) is 25.7 Å². The number of methoxy groups -OCH3 is 1. The highest BCUT2D eigenvalue weighted by molar-refractivity contribution is 5.79. The summed E-state index contributed by atoms with van der Waals surface area (Å²) >= 11 is 0. The van der Waals surface area contributed by atoms with Crippen LogP contribution >= 0.6 is 0 Å². The molecular weight excluding hydrogens is 258 g/mol. The summed E-state index contributed by atoms with van der Waals surface area (Å²) in [5.41, 5.74) is 5.55. The third kappa shape index (κ3) is 4.36. The molecule has 0 aromatic heterocycles. The van der Waals surface area contributed by atoms with Crippen LogP contribution in [0.3, 0.4) is 0 Å². The van der Waals surface area contributed by atoms with E-state index in [4.69, 9.17) is 10.5 Å². The SMILES string of the molecule is COc1cccc(CNC(C)C(N)=O)c1OC(F)F. The Morgan fingerprint density at radius 1 is 1.47 bits per heavy atom. The molecule has 0 radical (unpaired) electrons. The molecule has 3 N–H and O–H groups in total. The van der Waals surface area contributed by atoms with E-state index in [9.17, 15) is 13.6 Å². The standard InChI is InChI=1S/C12H16F2N2O3/c1-7(11(15)17)16-6-8-4-3-5-9(18-2)10(8)19-12(13)14/h3-5,7,12,16H,6H2,1-2H3,(H2,15,17). The molecule has 0 saturated heterocycles. The monoisotopic (exact) mass is 274 g/mol. The highest BCUT2D eigenvalue weighted by Gasteiger charge is 2.16. The Morgan fingerprint density at radius 3 is 2.68 bits per heavy atom. The zero-order chi connectivity index (χ0) is 14.4. The summed E-state index contributed by atoms with van der Waals surface area (Å²) in [5.74, 6) is -0.380. The number of benzene rings is 1. The number of carbonyl (C=O) groups is 1. The molecule has 0 aliphatic heterocycles. The zero-order valence-corrected chi connectivity index (χ0v) is 10.7. The molecule has 5 nitrogen and oxygen atoms in total. The lowest BCUT2D eigenvalue weighted by atomic mass is 10.1. The van der Waals surface area contributed by atoms with Crippen molar-refractivity contribution in [2.24, 2.45) is 5.73 Å². The van der Waals surface area contributed by atoms with Crippen LogP contribution in [0.15, 0.2) is 18.2 Å². The fourth-order valence-electron chi connectivity index (χ4n) is 1.45. The lowest BCUT2D eigenvalue weighted by Gasteiger charge is -2.16. The van der Waals surface area contributed by atoms with Gasteiger partial charge in [0.15, 0.2) is 11.5 Å². The summed E-state index contributed by atoms with van der Waals surface area (Å²) in [6.45, 7) is -1.22. The van der Waals surface area contributed by atoms with Crippen molar-refractivity contribution < 1.29 is 23.0 Å².